The zero-order chi connectivity index (χ0) is 17.4. The van der Waals surface area contributed by atoms with Crippen LogP contribution in [0.25, 0.3) is 0 Å². The molecule has 124 valence electrons. The van der Waals surface area contributed by atoms with Crippen molar-refractivity contribution in [3.8, 4) is 0 Å². The molecule has 0 amide bonds. The number of carboxylic acid groups (broad SMARTS) is 3. The van der Waals surface area contributed by atoms with Crippen molar-refractivity contribution in [2.75, 3.05) is 0 Å². The highest BCUT2D eigenvalue weighted by Gasteiger charge is 2.23. The number of carboxylic acids is 3. The molecule has 0 bridgehead atoms. The van der Waals surface area contributed by atoms with E-state index >= 15 is 0 Å². The van der Waals surface area contributed by atoms with Gasteiger partial charge in [-0.15, -0.1) is 0 Å². The van der Waals surface area contributed by atoms with Crippen LogP contribution in [0.15, 0.2) is 22.3 Å². The maximum atomic E-state index is 11.4. The molecule has 0 aliphatic rings. The SMILES string of the molecule is CCCCC(CC(C(C)=C(C)C(=O)O)=C(C)C(=O)O)C(=O)O. The summed E-state index contributed by atoms with van der Waals surface area (Å²) in [5.74, 6) is -4.04. The molecule has 0 aromatic carbocycles. The molecular formula is C16H24O6. The number of unbranched alkanes of at least 4 members (excludes halogenated alkanes) is 1. The summed E-state index contributed by atoms with van der Waals surface area (Å²) in [5.41, 5.74) is 0.613. The Bertz CT molecular complexity index is 513. The summed E-state index contributed by atoms with van der Waals surface area (Å²) in [4.78, 5) is 33.7. The fraction of sp³-hybridized carbons (Fsp3) is 0.562. The van der Waals surface area contributed by atoms with Crippen molar-refractivity contribution in [2.45, 2.75) is 53.4 Å². The van der Waals surface area contributed by atoms with Crippen LogP contribution >= 0.6 is 0 Å². The van der Waals surface area contributed by atoms with E-state index < -0.39 is 23.8 Å². The molecule has 1 atom stereocenters. The zero-order valence-electron chi connectivity index (χ0n) is 13.5. The number of carbonyl (C=O) groups is 3. The van der Waals surface area contributed by atoms with Gasteiger partial charge in [-0.1, -0.05) is 19.8 Å². The van der Waals surface area contributed by atoms with E-state index in [4.69, 9.17) is 5.11 Å². The van der Waals surface area contributed by atoms with Crippen LogP contribution in [0.2, 0.25) is 0 Å². The Morgan fingerprint density at radius 3 is 1.73 bits per heavy atom. The lowest BCUT2D eigenvalue weighted by atomic mass is 9.87. The van der Waals surface area contributed by atoms with Gasteiger partial charge in [-0.3, -0.25) is 4.79 Å². The normalized spacial score (nSPS) is 14.7. The summed E-state index contributed by atoms with van der Waals surface area (Å²) < 4.78 is 0. The van der Waals surface area contributed by atoms with Crippen LogP contribution in [0.3, 0.4) is 0 Å². The number of allylic oxidation sites excluding steroid dienone is 2. The third-order valence-electron chi connectivity index (χ3n) is 3.82. The van der Waals surface area contributed by atoms with Crippen LogP contribution < -0.4 is 0 Å². The first-order valence-electron chi connectivity index (χ1n) is 7.20. The minimum Gasteiger partial charge on any atom is -0.481 e. The van der Waals surface area contributed by atoms with Gasteiger partial charge in [-0.25, -0.2) is 9.59 Å². The second-order valence-corrected chi connectivity index (χ2v) is 5.35. The van der Waals surface area contributed by atoms with Crippen molar-refractivity contribution in [3.63, 3.8) is 0 Å². The molecule has 0 spiro atoms. The number of hydrogen-bond donors (Lipinski definition) is 3. The first-order chi connectivity index (χ1) is 10.1. The highest BCUT2D eigenvalue weighted by Crippen LogP contribution is 2.28. The van der Waals surface area contributed by atoms with Crippen LogP contribution in [0, 0.1) is 5.92 Å². The van der Waals surface area contributed by atoms with E-state index in [1.54, 1.807) is 0 Å². The number of aliphatic carboxylic acids is 3. The first-order valence-corrected chi connectivity index (χ1v) is 7.20. The Morgan fingerprint density at radius 2 is 1.36 bits per heavy atom. The lowest BCUT2D eigenvalue weighted by molar-refractivity contribution is -0.142. The van der Waals surface area contributed by atoms with Crippen LogP contribution in [-0.2, 0) is 14.4 Å². The Kier molecular flexibility index (Phi) is 8.15. The molecule has 3 N–H and O–H groups in total. The van der Waals surface area contributed by atoms with E-state index in [1.807, 2.05) is 6.92 Å². The molecule has 0 aromatic heterocycles. The second kappa shape index (κ2) is 9.02. The molecular weight excluding hydrogens is 288 g/mol. The molecule has 0 aliphatic carbocycles. The molecule has 0 aliphatic heterocycles. The Morgan fingerprint density at radius 1 is 0.864 bits per heavy atom. The van der Waals surface area contributed by atoms with Crippen LogP contribution in [0.5, 0.6) is 0 Å². The minimum atomic E-state index is -1.17. The number of rotatable bonds is 9. The predicted molar refractivity (Wildman–Crippen MR) is 81.6 cm³/mol. The Balaban J connectivity index is 5.77. The van der Waals surface area contributed by atoms with E-state index in [9.17, 15) is 24.6 Å². The molecule has 0 rings (SSSR count). The average Bonchev–Trinajstić information content (AvgIpc) is 2.44. The fourth-order valence-corrected chi connectivity index (χ4v) is 2.11. The van der Waals surface area contributed by atoms with E-state index in [1.165, 1.54) is 20.8 Å². The van der Waals surface area contributed by atoms with Crippen molar-refractivity contribution < 1.29 is 29.7 Å². The van der Waals surface area contributed by atoms with Crippen molar-refractivity contribution in [1.82, 2.24) is 0 Å². The maximum absolute atomic E-state index is 11.4. The van der Waals surface area contributed by atoms with Crippen molar-refractivity contribution >= 4 is 17.9 Å². The first kappa shape index (κ1) is 19.9. The van der Waals surface area contributed by atoms with E-state index in [-0.39, 0.29) is 23.1 Å². The summed E-state index contributed by atoms with van der Waals surface area (Å²) in [6.07, 6.45) is 2.01. The van der Waals surface area contributed by atoms with Gasteiger partial charge in [-0.05, 0) is 44.8 Å². The van der Waals surface area contributed by atoms with E-state index in [0.29, 0.717) is 12.0 Å². The topological polar surface area (TPSA) is 112 Å². The highest BCUT2D eigenvalue weighted by molar-refractivity contribution is 5.91. The third-order valence-corrected chi connectivity index (χ3v) is 3.82. The molecule has 1 unspecified atom stereocenters. The van der Waals surface area contributed by atoms with Gasteiger partial charge >= 0.3 is 17.9 Å². The van der Waals surface area contributed by atoms with Gasteiger partial charge in [0.05, 0.1) is 5.92 Å². The summed E-state index contributed by atoms with van der Waals surface area (Å²) >= 11 is 0. The zero-order valence-corrected chi connectivity index (χ0v) is 13.5. The van der Waals surface area contributed by atoms with Gasteiger partial charge in [0.25, 0.3) is 0 Å². The van der Waals surface area contributed by atoms with Crippen LogP contribution in [0.4, 0.5) is 0 Å². The highest BCUT2D eigenvalue weighted by atomic mass is 16.4. The molecule has 6 heteroatoms. The molecule has 0 radical (unpaired) electrons. The van der Waals surface area contributed by atoms with Gasteiger partial charge in [0.2, 0.25) is 0 Å². The largest absolute Gasteiger partial charge is 0.481 e. The lowest BCUT2D eigenvalue weighted by Gasteiger charge is -2.18. The summed E-state index contributed by atoms with van der Waals surface area (Å²) in [6, 6.07) is 0. The molecule has 0 fully saturated rings. The van der Waals surface area contributed by atoms with Crippen molar-refractivity contribution in [2.24, 2.45) is 5.92 Å². The lowest BCUT2D eigenvalue weighted by Crippen LogP contribution is -2.17. The average molecular weight is 312 g/mol. The molecule has 0 heterocycles. The van der Waals surface area contributed by atoms with Gasteiger partial charge in [-0.2, -0.15) is 0 Å². The standard InChI is InChI=1S/C16H24O6/c1-5-6-7-12(16(21)22)8-13(11(4)15(19)20)9(2)10(3)14(17)18/h12H,5-8H2,1-4H3,(H,17,18)(H,19,20)(H,21,22). The molecule has 22 heavy (non-hydrogen) atoms. The molecule has 0 aromatic rings. The van der Waals surface area contributed by atoms with Gasteiger partial charge in [0, 0.05) is 11.1 Å². The quantitative estimate of drug-likeness (QED) is 0.445. The number of hydrogen-bond acceptors (Lipinski definition) is 3. The Labute approximate surface area is 130 Å². The third kappa shape index (κ3) is 5.71. The van der Waals surface area contributed by atoms with E-state index in [0.717, 1.165) is 12.8 Å². The molecule has 0 saturated heterocycles. The molecule has 0 saturated carbocycles. The summed E-state index contributed by atoms with van der Waals surface area (Å²) in [5, 5.41) is 27.5. The maximum Gasteiger partial charge on any atom is 0.331 e. The smallest absolute Gasteiger partial charge is 0.331 e. The fourth-order valence-electron chi connectivity index (χ4n) is 2.11. The van der Waals surface area contributed by atoms with Crippen molar-refractivity contribution in [1.29, 1.82) is 0 Å². The second-order valence-electron chi connectivity index (χ2n) is 5.35. The van der Waals surface area contributed by atoms with Gasteiger partial charge < -0.3 is 15.3 Å². The predicted octanol–water partition coefficient (Wildman–Crippen LogP) is 3.09. The Hall–Kier alpha value is -2.11. The summed E-state index contributed by atoms with van der Waals surface area (Å²) in [6.45, 7) is 6.21. The monoisotopic (exact) mass is 312 g/mol. The van der Waals surface area contributed by atoms with Crippen LogP contribution in [-0.4, -0.2) is 33.2 Å². The van der Waals surface area contributed by atoms with E-state index in [2.05, 4.69) is 0 Å². The summed E-state index contributed by atoms with van der Waals surface area (Å²) in [7, 11) is 0. The molecule has 6 nitrogen and oxygen atoms in total. The minimum absolute atomic E-state index is 0.0131. The van der Waals surface area contributed by atoms with Gasteiger partial charge in [0.15, 0.2) is 0 Å². The van der Waals surface area contributed by atoms with Crippen molar-refractivity contribution in [3.05, 3.63) is 22.3 Å². The van der Waals surface area contributed by atoms with Gasteiger partial charge in [0.1, 0.15) is 0 Å². The van der Waals surface area contributed by atoms with Crippen LogP contribution in [0.1, 0.15) is 53.4 Å².